The molecule has 3 aromatic heterocycles. The molecule has 8 nitrogen and oxygen atoms in total. The lowest BCUT2D eigenvalue weighted by Crippen LogP contribution is -2.27. The average molecular weight is 341 g/mol. The van der Waals surface area contributed by atoms with Crippen molar-refractivity contribution in [3.05, 3.63) is 47.4 Å². The number of nitrogens with zero attached hydrogens (tertiary/aromatic N) is 4. The van der Waals surface area contributed by atoms with Crippen molar-refractivity contribution in [2.45, 2.75) is 39.7 Å². The van der Waals surface area contributed by atoms with E-state index in [1.807, 2.05) is 19.9 Å². The summed E-state index contributed by atoms with van der Waals surface area (Å²) in [5, 5.41) is 10.7. The van der Waals surface area contributed by atoms with Gasteiger partial charge in [0.05, 0.1) is 5.69 Å². The third-order valence-electron chi connectivity index (χ3n) is 3.89. The lowest BCUT2D eigenvalue weighted by atomic mass is 10.1. The summed E-state index contributed by atoms with van der Waals surface area (Å²) in [6.07, 6.45) is 4.23. The summed E-state index contributed by atoms with van der Waals surface area (Å²) in [6.45, 7) is 5.51. The molecule has 3 rings (SSSR count). The minimum atomic E-state index is -0.380. The molecule has 1 atom stereocenters. The summed E-state index contributed by atoms with van der Waals surface area (Å²) < 4.78 is 10.3. The third kappa shape index (κ3) is 3.90. The lowest BCUT2D eigenvalue weighted by Gasteiger charge is -2.09. The Morgan fingerprint density at radius 2 is 2.12 bits per heavy atom. The number of pyridine rings is 1. The molecule has 25 heavy (non-hydrogen) atoms. The van der Waals surface area contributed by atoms with Gasteiger partial charge in [0.15, 0.2) is 0 Å². The molecule has 0 saturated heterocycles. The molecule has 1 N–H and O–H groups in total. The monoisotopic (exact) mass is 341 g/mol. The van der Waals surface area contributed by atoms with Crippen LogP contribution >= 0.6 is 0 Å². The minimum Gasteiger partial charge on any atom is -0.361 e. The van der Waals surface area contributed by atoms with Crippen molar-refractivity contribution in [2.75, 3.05) is 0 Å². The van der Waals surface area contributed by atoms with Crippen molar-refractivity contribution in [1.82, 2.24) is 25.6 Å². The number of aryl methyl sites for hydroxylation is 2. The Kier molecular flexibility index (Phi) is 4.87. The zero-order chi connectivity index (χ0) is 17.8. The number of hydrogen-bond donors (Lipinski definition) is 1. The molecule has 0 unspecified atom stereocenters. The molecule has 0 spiro atoms. The van der Waals surface area contributed by atoms with Crippen molar-refractivity contribution >= 4 is 5.91 Å². The van der Waals surface area contributed by atoms with Gasteiger partial charge in [-0.05, 0) is 39.3 Å². The second-order valence-corrected chi connectivity index (χ2v) is 5.79. The Hall–Kier alpha value is -3.03. The van der Waals surface area contributed by atoms with E-state index in [1.54, 1.807) is 25.4 Å². The van der Waals surface area contributed by atoms with Crippen LogP contribution < -0.4 is 5.32 Å². The van der Waals surface area contributed by atoms with Gasteiger partial charge in [-0.15, -0.1) is 0 Å². The van der Waals surface area contributed by atoms with E-state index in [4.69, 9.17) is 9.05 Å². The van der Waals surface area contributed by atoms with Crippen LogP contribution in [0.1, 0.15) is 42.3 Å². The standard InChI is InChI=1S/C17H19N5O3/c1-10-14(12(3)24-21-10)6-7-15(23)19-11(2)17-20-16(22-25-17)13-5-4-8-18-9-13/h4-5,8-9,11H,6-7H2,1-3H3,(H,19,23)/t11-/m1/s1. The molecule has 0 radical (unpaired) electrons. The van der Waals surface area contributed by atoms with Crippen LogP contribution in [0.25, 0.3) is 11.4 Å². The molecular formula is C17H19N5O3. The molecule has 0 fully saturated rings. The van der Waals surface area contributed by atoms with Gasteiger partial charge in [-0.3, -0.25) is 9.78 Å². The van der Waals surface area contributed by atoms with E-state index in [0.29, 0.717) is 24.6 Å². The Morgan fingerprint density at radius 1 is 1.28 bits per heavy atom. The van der Waals surface area contributed by atoms with E-state index in [1.165, 1.54) is 0 Å². The second kappa shape index (κ2) is 7.25. The van der Waals surface area contributed by atoms with Gasteiger partial charge in [-0.2, -0.15) is 4.98 Å². The van der Waals surface area contributed by atoms with Gasteiger partial charge in [0.25, 0.3) is 0 Å². The zero-order valence-electron chi connectivity index (χ0n) is 14.3. The Bertz CT molecular complexity index is 837. The zero-order valence-corrected chi connectivity index (χ0v) is 14.3. The van der Waals surface area contributed by atoms with Gasteiger partial charge < -0.3 is 14.4 Å². The Balaban J connectivity index is 1.58. The highest BCUT2D eigenvalue weighted by molar-refractivity contribution is 5.76. The van der Waals surface area contributed by atoms with Crippen molar-refractivity contribution in [1.29, 1.82) is 0 Å². The highest BCUT2D eigenvalue weighted by Crippen LogP contribution is 2.18. The number of carbonyl (C=O) groups is 1. The van der Waals surface area contributed by atoms with Crippen LogP contribution in [0.4, 0.5) is 0 Å². The number of amides is 1. The molecule has 0 aliphatic rings. The molecule has 1 amide bonds. The van der Waals surface area contributed by atoms with Crippen LogP contribution in [0.15, 0.2) is 33.6 Å². The fourth-order valence-electron chi connectivity index (χ4n) is 2.50. The van der Waals surface area contributed by atoms with Gasteiger partial charge in [0, 0.05) is 29.9 Å². The average Bonchev–Trinajstić information content (AvgIpc) is 3.22. The molecule has 3 heterocycles. The molecule has 0 aliphatic heterocycles. The fraction of sp³-hybridized carbons (Fsp3) is 0.353. The third-order valence-corrected chi connectivity index (χ3v) is 3.89. The summed E-state index contributed by atoms with van der Waals surface area (Å²) >= 11 is 0. The summed E-state index contributed by atoms with van der Waals surface area (Å²) in [6, 6.07) is 3.26. The first-order chi connectivity index (χ1) is 12.0. The van der Waals surface area contributed by atoms with E-state index in [0.717, 1.165) is 22.6 Å². The van der Waals surface area contributed by atoms with Crippen LogP contribution in [0, 0.1) is 13.8 Å². The predicted octanol–water partition coefficient (Wildman–Crippen LogP) is 2.55. The first-order valence-electron chi connectivity index (χ1n) is 7.99. The quantitative estimate of drug-likeness (QED) is 0.734. The summed E-state index contributed by atoms with van der Waals surface area (Å²) in [4.78, 5) is 20.5. The van der Waals surface area contributed by atoms with Crippen LogP contribution in [0.3, 0.4) is 0 Å². The van der Waals surface area contributed by atoms with Crippen LogP contribution in [0.5, 0.6) is 0 Å². The van der Waals surface area contributed by atoms with Crippen LogP contribution in [-0.4, -0.2) is 26.2 Å². The van der Waals surface area contributed by atoms with Gasteiger partial charge in [0.1, 0.15) is 11.8 Å². The van der Waals surface area contributed by atoms with Crippen LogP contribution in [-0.2, 0) is 11.2 Å². The van der Waals surface area contributed by atoms with Crippen molar-refractivity contribution in [3.8, 4) is 11.4 Å². The molecule has 130 valence electrons. The maximum absolute atomic E-state index is 12.2. The van der Waals surface area contributed by atoms with E-state index in [-0.39, 0.29) is 11.9 Å². The number of hydrogen-bond acceptors (Lipinski definition) is 7. The lowest BCUT2D eigenvalue weighted by molar-refractivity contribution is -0.121. The van der Waals surface area contributed by atoms with Gasteiger partial charge in [-0.25, -0.2) is 0 Å². The highest BCUT2D eigenvalue weighted by atomic mass is 16.5. The molecule has 3 aromatic rings. The van der Waals surface area contributed by atoms with Gasteiger partial charge >= 0.3 is 0 Å². The molecule has 8 heteroatoms. The Labute approximate surface area is 144 Å². The summed E-state index contributed by atoms with van der Waals surface area (Å²) in [5.74, 6) is 1.44. The molecular weight excluding hydrogens is 322 g/mol. The molecule has 0 saturated carbocycles. The second-order valence-electron chi connectivity index (χ2n) is 5.79. The largest absolute Gasteiger partial charge is 0.361 e. The normalized spacial score (nSPS) is 12.1. The number of nitrogens with one attached hydrogen (secondary N) is 1. The first-order valence-corrected chi connectivity index (χ1v) is 7.99. The number of rotatable bonds is 6. The van der Waals surface area contributed by atoms with Crippen molar-refractivity contribution in [3.63, 3.8) is 0 Å². The SMILES string of the molecule is Cc1noc(C)c1CCC(=O)N[C@H](C)c1nc(-c2cccnc2)no1. The van der Waals surface area contributed by atoms with Gasteiger partial charge in [0.2, 0.25) is 17.6 Å². The first kappa shape index (κ1) is 16.8. The van der Waals surface area contributed by atoms with Crippen molar-refractivity contribution in [2.24, 2.45) is 0 Å². The van der Waals surface area contributed by atoms with E-state index < -0.39 is 0 Å². The maximum Gasteiger partial charge on any atom is 0.249 e. The van der Waals surface area contributed by atoms with E-state index >= 15 is 0 Å². The number of carbonyl (C=O) groups excluding carboxylic acids is 1. The fourth-order valence-corrected chi connectivity index (χ4v) is 2.50. The molecule has 0 bridgehead atoms. The summed E-state index contributed by atoms with van der Waals surface area (Å²) in [5.41, 5.74) is 2.55. The topological polar surface area (TPSA) is 107 Å². The maximum atomic E-state index is 12.2. The van der Waals surface area contributed by atoms with Crippen LogP contribution in [0.2, 0.25) is 0 Å². The smallest absolute Gasteiger partial charge is 0.249 e. The minimum absolute atomic E-state index is 0.103. The van der Waals surface area contributed by atoms with Gasteiger partial charge in [-0.1, -0.05) is 10.3 Å². The van der Waals surface area contributed by atoms with Crippen molar-refractivity contribution < 1.29 is 13.8 Å². The summed E-state index contributed by atoms with van der Waals surface area (Å²) in [7, 11) is 0. The van der Waals surface area contributed by atoms with E-state index in [9.17, 15) is 4.79 Å². The molecule has 0 aromatic carbocycles. The highest BCUT2D eigenvalue weighted by Gasteiger charge is 2.18. The predicted molar refractivity (Wildman–Crippen MR) is 88.4 cm³/mol. The Morgan fingerprint density at radius 3 is 2.80 bits per heavy atom. The van der Waals surface area contributed by atoms with E-state index in [2.05, 4.69) is 25.6 Å². The number of aromatic nitrogens is 4. The molecule has 0 aliphatic carbocycles.